The Morgan fingerprint density at radius 2 is 1.92 bits per heavy atom. The van der Waals surface area contributed by atoms with Gasteiger partial charge in [0.2, 0.25) is 0 Å². The first-order valence-corrected chi connectivity index (χ1v) is 12.3. The molecule has 0 aliphatic heterocycles. The van der Waals surface area contributed by atoms with Crippen LogP contribution in [0.25, 0.3) is 50.1 Å². The molecule has 0 aliphatic carbocycles. The van der Waals surface area contributed by atoms with Crippen LogP contribution >= 0.6 is 0 Å². The Bertz CT molecular complexity index is 1750. The molecule has 5 heterocycles. The third-order valence-electron chi connectivity index (χ3n) is 6.35. The van der Waals surface area contributed by atoms with Crippen molar-refractivity contribution in [3.63, 3.8) is 0 Å². The number of imidazole rings is 1. The van der Waals surface area contributed by atoms with E-state index in [0.29, 0.717) is 5.92 Å². The van der Waals surface area contributed by atoms with Gasteiger partial charge in [0.25, 0.3) is 0 Å². The number of hydrogen-bond acceptors (Lipinski definition) is 5. The van der Waals surface area contributed by atoms with Gasteiger partial charge in [-0.1, -0.05) is 26.5 Å². The number of pyridine rings is 2. The third kappa shape index (κ3) is 4.38. The number of nitrogens with one attached hydrogen (secondary N) is 3. The lowest BCUT2D eigenvalue weighted by molar-refractivity contribution is 0.645. The maximum atomic E-state index is 4.65. The number of anilines is 1. The van der Waals surface area contributed by atoms with Crippen LogP contribution in [0.2, 0.25) is 0 Å². The predicted molar refractivity (Wildman–Crippen MR) is 148 cm³/mol. The molecule has 0 unspecified atom stereocenters. The summed E-state index contributed by atoms with van der Waals surface area (Å²) in [5, 5.41) is 13.3. The number of allylic oxidation sites excluding steroid dienone is 1. The number of aryl methyl sites for hydroxylation is 1. The highest BCUT2D eigenvalue weighted by molar-refractivity contribution is 5.99. The van der Waals surface area contributed by atoms with Gasteiger partial charge < -0.3 is 10.3 Å². The van der Waals surface area contributed by atoms with E-state index in [-0.39, 0.29) is 0 Å². The molecule has 0 saturated carbocycles. The van der Waals surface area contributed by atoms with Crippen molar-refractivity contribution < 1.29 is 0 Å². The fourth-order valence-electron chi connectivity index (χ4n) is 4.72. The zero-order valence-corrected chi connectivity index (χ0v) is 21.1. The Labute approximate surface area is 214 Å². The average Bonchev–Trinajstić information content (AvgIpc) is 3.60. The molecule has 37 heavy (non-hydrogen) atoms. The Morgan fingerprint density at radius 1 is 1.03 bits per heavy atom. The summed E-state index contributed by atoms with van der Waals surface area (Å²) in [5.41, 5.74) is 8.68. The second kappa shape index (κ2) is 9.05. The largest absolute Gasteiger partial charge is 0.358 e. The van der Waals surface area contributed by atoms with Crippen LogP contribution in [0, 0.1) is 12.8 Å². The molecule has 0 atom stereocenters. The molecule has 184 valence electrons. The number of nitrogens with zero attached hydrogens (tertiary/aromatic N) is 5. The topological polar surface area (TPSA) is 100 Å². The third-order valence-corrected chi connectivity index (χ3v) is 6.35. The molecular formula is C29H28N8. The first-order chi connectivity index (χ1) is 17.9. The summed E-state index contributed by atoms with van der Waals surface area (Å²) in [6.45, 7) is 10.5. The summed E-state index contributed by atoms with van der Waals surface area (Å²) in [7, 11) is 0. The molecule has 5 aromatic heterocycles. The Kier molecular flexibility index (Phi) is 5.56. The van der Waals surface area contributed by atoms with Crippen LogP contribution in [0.1, 0.15) is 26.0 Å². The van der Waals surface area contributed by atoms with Crippen molar-refractivity contribution in [2.75, 3.05) is 5.32 Å². The van der Waals surface area contributed by atoms with Gasteiger partial charge in [-0.15, -0.1) is 0 Å². The van der Waals surface area contributed by atoms with Crippen LogP contribution < -0.4 is 5.32 Å². The minimum absolute atomic E-state index is 0.540. The molecule has 0 fully saturated rings. The molecule has 8 nitrogen and oxygen atoms in total. The number of rotatable bonds is 7. The van der Waals surface area contributed by atoms with Gasteiger partial charge in [0.15, 0.2) is 0 Å². The Hall–Kier alpha value is -4.72. The maximum absolute atomic E-state index is 4.65. The standard InChI is InChI=1S/C29H28N8/c1-17(2)9-18(3)33-22-10-21(13-30-14-22)20-5-6-26-23(11-20)28(36-35-26)27-12-24-25(34-27)7-8-31-29(24)37-15-19(4)32-16-37/h5-8,10-17,33-34H,3,9H2,1-2,4H3,(H,35,36). The average molecular weight is 489 g/mol. The van der Waals surface area contributed by atoms with Crippen molar-refractivity contribution in [2.45, 2.75) is 27.2 Å². The molecule has 0 aliphatic rings. The van der Waals surface area contributed by atoms with E-state index in [4.69, 9.17) is 0 Å². The van der Waals surface area contributed by atoms with Crippen LogP contribution in [0.3, 0.4) is 0 Å². The summed E-state index contributed by atoms with van der Waals surface area (Å²) >= 11 is 0. The Balaban J connectivity index is 1.38. The molecular weight excluding hydrogens is 460 g/mol. The molecule has 8 heteroatoms. The summed E-state index contributed by atoms with van der Waals surface area (Å²) in [6, 6.07) is 12.5. The van der Waals surface area contributed by atoms with Gasteiger partial charge in [-0.2, -0.15) is 5.10 Å². The molecule has 0 amide bonds. The molecule has 6 aromatic rings. The monoisotopic (exact) mass is 488 g/mol. The molecule has 6 rings (SSSR count). The van der Waals surface area contributed by atoms with E-state index in [0.717, 1.165) is 73.6 Å². The highest BCUT2D eigenvalue weighted by atomic mass is 15.1. The van der Waals surface area contributed by atoms with Crippen LogP contribution in [0.5, 0.6) is 0 Å². The molecule has 0 bridgehead atoms. The van der Waals surface area contributed by atoms with Gasteiger partial charge in [-0.3, -0.25) is 14.6 Å². The molecule has 0 spiro atoms. The van der Waals surface area contributed by atoms with Crippen LogP contribution in [0.4, 0.5) is 5.69 Å². The minimum Gasteiger partial charge on any atom is -0.358 e. The number of aromatic nitrogens is 7. The van der Waals surface area contributed by atoms with Crippen molar-refractivity contribution in [2.24, 2.45) is 5.92 Å². The zero-order chi connectivity index (χ0) is 25.5. The number of H-pyrrole nitrogens is 2. The van der Waals surface area contributed by atoms with Crippen molar-refractivity contribution >= 4 is 27.5 Å². The second-order valence-electron chi connectivity index (χ2n) is 9.82. The van der Waals surface area contributed by atoms with E-state index >= 15 is 0 Å². The van der Waals surface area contributed by atoms with Gasteiger partial charge >= 0.3 is 0 Å². The van der Waals surface area contributed by atoms with Gasteiger partial charge in [-0.25, -0.2) is 9.97 Å². The van der Waals surface area contributed by atoms with Gasteiger partial charge in [-0.05, 0) is 55.2 Å². The number of hydrogen-bond donors (Lipinski definition) is 3. The van der Waals surface area contributed by atoms with E-state index in [9.17, 15) is 0 Å². The molecule has 1 aromatic carbocycles. The highest BCUT2D eigenvalue weighted by Gasteiger charge is 2.15. The van der Waals surface area contributed by atoms with E-state index < -0.39 is 0 Å². The quantitative estimate of drug-likeness (QED) is 0.234. The van der Waals surface area contributed by atoms with Crippen molar-refractivity contribution in [3.8, 4) is 28.3 Å². The molecule has 3 N–H and O–H groups in total. The van der Waals surface area contributed by atoms with Crippen LogP contribution in [-0.4, -0.2) is 34.7 Å². The lowest BCUT2D eigenvalue weighted by Gasteiger charge is -2.12. The number of fused-ring (bicyclic) bond motifs is 2. The Morgan fingerprint density at radius 3 is 2.73 bits per heavy atom. The van der Waals surface area contributed by atoms with Gasteiger partial charge in [0, 0.05) is 40.6 Å². The van der Waals surface area contributed by atoms with E-state index in [1.807, 2.05) is 36.1 Å². The minimum atomic E-state index is 0.540. The fourth-order valence-corrected chi connectivity index (χ4v) is 4.72. The second-order valence-corrected chi connectivity index (χ2v) is 9.82. The molecule has 0 radical (unpaired) electrons. The van der Waals surface area contributed by atoms with Gasteiger partial charge in [0.05, 0.1) is 34.3 Å². The number of benzene rings is 1. The highest BCUT2D eigenvalue weighted by Crippen LogP contribution is 2.33. The van der Waals surface area contributed by atoms with Gasteiger partial charge in [0.1, 0.15) is 17.8 Å². The first-order valence-electron chi connectivity index (χ1n) is 12.3. The van der Waals surface area contributed by atoms with Crippen LogP contribution in [0.15, 0.2) is 79.8 Å². The summed E-state index contributed by atoms with van der Waals surface area (Å²) < 4.78 is 1.94. The smallest absolute Gasteiger partial charge is 0.147 e. The van der Waals surface area contributed by atoms with Crippen molar-refractivity contribution in [1.29, 1.82) is 0 Å². The van der Waals surface area contributed by atoms with Crippen molar-refractivity contribution in [1.82, 2.24) is 34.7 Å². The van der Waals surface area contributed by atoms with E-state index in [2.05, 4.69) is 86.2 Å². The maximum Gasteiger partial charge on any atom is 0.147 e. The summed E-state index contributed by atoms with van der Waals surface area (Å²) in [6.07, 6.45) is 10.2. The zero-order valence-electron chi connectivity index (χ0n) is 21.1. The van der Waals surface area contributed by atoms with Crippen molar-refractivity contribution in [3.05, 3.63) is 85.5 Å². The van der Waals surface area contributed by atoms with Crippen LogP contribution in [-0.2, 0) is 0 Å². The fraction of sp³-hybridized carbons (Fsp3) is 0.172. The first kappa shape index (κ1) is 22.7. The lowest BCUT2D eigenvalue weighted by Crippen LogP contribution is -2.02. The predicted octanol–water partition coefficient (Wildman–Crippen LogP) is 6.63. The van der Waals surface area contributed by atoms with E-state index in [1.165, 1.54) is 0 Å². The SMILES string of the molecule is C=C(CC(C)C)Nc1cncc(-c2ccc3[nH]nc(-c4cc5c(-n6cnc(C)c6)nccc5[nH]4)c3c2)c1. The number of aromatic amines is 2. The van der Waals surface area contributed by atoms with E-state index in [1.54, 1.807) is 12.5 Å². The normalized spacial score (nSPS) is 11.6. The summed E-state index contributed by atoms with van der Waals surface area (Å²) in [4.78, 5) is 16.9. The lowest BCUT2D eigenvalue weighted by atomic mass is 10.0. The molecule has 0 saturated heterocycles. The summed E-state index contributed by atoms with van der Waals surface area (Å²) in [5.74, 6) is 1.37.